The Balaban J connectivity index is 2.18. The average Bonchev–Trinajstić information content (AvgIpc) is 2.75. The van der Waals surface area contributed by atoms with Crippen LogP contribution in [0.2, 0.25) is 0 Å². The van der Waals surface area contributed by atoms with E-state index in [1.54, 1.807) is 11.3 Å². The van der Waals surface area contributed by atoms with Crippen molar-refractivity contribution in [1.29, 1.82) is 0 Å². The first-order valence-corrected chi connectivity index (χ1v) is 5.89. The fourth-order valence-corrected chi connectivity index (χ4v) is 2.54. The summed E-state index contributed by atoms with van der Waals surface area (Å²) < 4.78 is 0. The fourth-order valence-electron chi connectivity index (χ4n) is 1.74. The molecule has 0 atom stereocenters. The molecule has 3 aromatic rings. The molecule has 2 aromatic heterocycles. The van der Waals surface area contributed by atoms with Crippen molar-refractivity contribution in [1.82, 2.24) is 4.98 Å². The standard InChI is InChI=1S/C13H10N2S/c14-12-6-13(16-8-12)10-1-2-11-7-15-4-3-9(11)5-10/h1-8H,14H2. The van der Waals surface area contributed by atoms with Gasteiger partial charge in [-0.2, -0.15) is 0 Å². The normalized spacial score (nSPS) is 10.8. The Morgan fingerprint density at radius 3 is 2.81 bits per heavy atom. The van der Waals surface area contributed by atoms with Crippen molar-refractivity contribution in [3.05, 3.63) is 48.1 Å². The van der Waals surface area contributed by atoms with Gasteiger partial charge in [-0.15, -0.1) is 11.3 Å². The maximum absolute atomic E-state index is 5.73. The van der Waals surface area contributed by atoms with Gasteiger partial charge < -0.3 is 5.73 Å². The van der Waals surface area contributed by atoms with Crippen LogP contribution in [0.5, 0.6) is 0 Å². The van der Waals surface area contributed by atoms with Crippen molar-refractivity contribution in [3.8, 4) is 10.4 Å². The number of benzene rings is 1. The predicted octanol–water partition coefficient (Wildman–Crippen LogP) is 3.55. The third kappa shape index (κ3) is 1.55. The van der Waals surface area contributed by atoms with Crippen LogP contribution in [0.4, 0.5) is 5.69 Å². The van der Waals surface area contributed by atoms with Crippen LogP contribution in [0.1, 0.15) is 0 Å². The number of nitrogen functional groups attached to an aromatic ring is 1. The molecule has 0 aliphatic heterocycles. The number of pyridine rings is 1. The van der Waals surface area contributed by atoms with Crippen LogP contribution in [-0.4, -0.2) is 4.98 Å². The highest BCUT2D eigenvalue weighted by atomic mass is 32.1. The van der Waals surface area contributed by atoms with Crippen LogP contribution in [0.3, 0.4) is 0 Å². The maximum atomic E-state index is 5.73. The molecule has 0 radical (unpaired) electrons. The lowest BCUT2D eigenvalue weighted by atomic mass is 10.1. The fraction of sp³-hybridized carbons (Fsp3) is 0. The van der Waals surface area contributed by atoms with E-state index in [1.165, 1.54) is 15.8 Å². The first kappa shape index (κ1) is 9.36. The minimum absolute atomic E-state index is 0.829. The summed E-state index contributed by atoms with van der Waals surface area (Å²) in [4.78, 5) is 5.31. The zero-order valence-corrected chi connectivity index (χ0v) is 9.37. The van der Waals surface area contributed by atoms with Gasteiger partial charge >= 0.3 is 0 Å². The summed E-state index contributed by atoms with van der Waals surface area (Å²) in [6.07, 6.45) is 3.69. The first-order valence-electron chi connectivity index (χ1n) is 5.01. The molecule has 16 heavy (non-hydrogen) atoms. The number of fused-ring (bicyclic) bond motifs is 1. The molecule has 2 heterocycles. The molecule has 0 bridgehead atoms. The number of rotatable bonds is 1. The van der Waals surface area contributed by atoms with E-state index in [0.717, 1.165) is 11.1 Å². The highest BCUT2D eigenvalue weighted by molar-refractivity contribution is 7.14. The summed E-state index contributed by atoms with van der Waals surface area (Å²) in [5, 5.41) is 4.33. The van der Waals surface area contributed by atoms with Crippen molar-refractivity contribution in [3.63, 3.8) is 0 Å². The SMILES string of the molecule is Nc1csc(-c2ccc3cnccc3c2)c1. The summed E-state index contributed by atoms with van der Waals surface area (Å²) in [5.41, 5.74) is 7.77. The molecule has 0 unspecified atom stereocenters. The van der Waals surface area contributed by atoms with Crippen LogP contribution in [0.15, 0.2) is 48.1 Å². The maximum Gasteiger partial charge on any atom is 0.0429 e. The molecule has 2 N–H and O–H groups in total. The summed E-state index contributed by atoms with van der Waals surface area (Å²) in [5.74, 6) is 0. The van der Waals surface area contributed by atoms with E-state index >= 15 is 0 Å². The third-order valence-corrected chi connectivity index (χ3v) is 3.54. The quantitative estimate of drug-likeness (QED) is 0.689. The smallest absolute Gasteiger partial charge is 0.0429 e. The Labute approximate surface area is 97.4 Å². The molecule has 0 saturated heterocycles. The lowest BCUT2D eigenvalue weighted by Gasteiger charge is -2.00. The molecule has 3 rings (SSSR count). The number of thiophene rings is 1. The largest absolute Gasteiger partial charge is 0.398 e. The van der Waals surface area contributed by atoms with Gasteiger partial charge in [0.2, 0.25) is 0 Å². The number of nitrogens with zero attached hydrogens (tertiary/aromatic N) is 1. The van der Waals surface area contributed by atoms with Gasteiger partial charge in [0.05, 0.1) is 0 Å². The first-order chi connectivity index (χ1) is 7.83. The number of hydrogen-bond acceptors (Lipinski definition) is 3. The third-order valence-electron chi connectivity index (χ3n) is 2.54. The van der Waals surface area contributed by atoms with Gasteiger partial charge in [0.1, 0.15) is 0 Å². The molecule has 0 spiro atoms. The summed E-state index contributed by atoms with van der Waals surface area (Å²) in [7, 11) is 0. The Morgan fingerprint density at radius 2 is 2.00 bits per heavy atom. The molecule has 0 amide bonds. The van der Waals surface area contributed by atoms with E-state index in [1.807, 2.05) is 29.9 Å². The van der Waals surface area contributed by atoms with Crippen molar-refractivity contribution in [2.45, 2.75) is 0 Å². The van der Waals surface area contributed by atoms with Crippen molar-refractivity contribution >= 4 is 27.8 Å². The van der Waals surface area contributed by atoms with Gasteiger partial charge in [-0.1, -0.05) is 12.1 Å². The molecule has 78 valence electrons. The van der Waals surface area contributed by atoms with Crippen LogP contribution in [0.25, 0.3) is 21.2 Å². The molecular weight excluding hydrogens is 216 g/mol. The van der Waals surface area contributed by atoms with E-state index in [2.05, 4.69) is 23.2 Å². The van der Waals surface area contributed by atoms with Gasteiger partial charge in [0.25, 0.3) is 0 Å². The average molecular weight is 226 g/mol. The predicted molar refractivity (Wildman–Crippen MR) is 69.5 cm³/mol. The minimum Gasteiger partial charge on any atom is -0.398 e. The van der Waals surface area contributed by atoms with Gasteiger partial charge in [-0.05, 0) is 29.1 Å². The number of anilines is 1. The van der Waals surface area contributed by atoms with Crippen molar-refractivity contribution < 1.29 is 0 Å². The Kier molecular flexibility index (Phi) is 2.11. The molecule has 0 fully saturated rings. The van der Waals surface area contributed by atoms with E-state index < -0.39 is 0 Å². The second-order valence-corrected chi connectivity index (χ2v) is 4.59. The molecular formula is C13H10N2S. The molecule has 1 aromatic carbocycles. The summed E-state index contributed by atoms with van der Waals surface area (Å²) in [6.45, 7) is 0. The zero-order chi connectivity index (χ0) is 11.0. The van der Waals surface area contributed by atoms with Crippen molar-refractivity contribution in [2.75, 3.05) is 5.73 Å². The van der Waals surface area contributed by atoms with Gasteiger partial charge in [-0.3, -0.25) is 4.98 Å². The number of aromatic nitrogens is 1. The summed E-state index contributed by atoms with van der Waals surface area (Å²) >= 11 is 1.67. The van der Waals surface area contributed by atoms with E-state index in [4.69, 9.17) is 5.73 Å². The zero-order valence-electron chi connectivity index (χ0n) is 8.55. The Hall–Kier alpha value is -1.87. The van der Waals surface area contributed by atoms with Crippen LogP contribution in [0, 0.1) is 0 Å². The second kappa shape index (κ2) is 3.61. The number of nitrogens with two attached hydrogens (primary N) is 1. The van der Waals surface area contributed by atoms with Crippen LogP contribution in [-0.2, 0) is 0 Å². The lowest BCUT2D eigenvalue weighted by molar-refractivity contribution is 1.36. The molecule has 2 nitrogen and oxygen atoms in total. The highest BCUT2D eigenvalue weighted by Crippen LogP contribution is 2.30. The second-order valence-electron chi connectivity index (χ2n) is 3.68. The molecule has 3 heteroatoms. The van der Waals surface area contributed by atoms with Gasteiger partial charge in [0.15, 0.2) is 0 Å². The molecule has 0 aliphatic carbocycles. The van der Waals surface area contributed by atoms with E-state index in [-0.39, 0.29) is 0 Å². The topological polar surface area (TPSA) is 38.9 Å². The Morgan fingerprint density at radius 1 is 1.06 bits per heavy atom. The van der Waals surface area contributed by atoms with E-state index in [9.17, 15) is 0 Å². The monoisotopic (exact) mass is 226 g/mol. The van der Waals surface area contributed by atoms with E-state index in [0.29, 0.717) is 0 Å². The van der Waals surface area contributed by atoms with Gasteiger partial charge in [-0.25, -0.2) is 0 Å². The van der Waals surface area contributed by atoms with Gasteiger partial charge in [0, 0.05) is 33.7 Å². The molecule has 0 aliphatic rings. The number of hydrogen-bond donors (Lipinski definition) is 1. The highest BCUT2D eigenvalue weighted by Gasteiger charge is 2.02. The minimum atomic E-state index is 0.829. The van der Waals surface area contributed by atoms with Crippen molar-refractivity contribution in [2.24, 2.45) is 0 Å². The van der Waals surface area contributed by atoms with Crippen LogP contribution >= 0.6 is 11.3 Å². The van der Waals surface area contributed by atoms with Crippen LogP contribution < -0.4 is 5.73 Å². The Bertz CT molecular complexity index is 643. The molecule has 0 saturated carbocycles. The summed E-state index contributed by atoms with van der Waals surface area (Å²) in [6, 6.07) is 10.4. The lowest BCUT2D eigenvalue weighted by Crippen LogP contribution is -1.78.